The van der Waals surface area contributed by atoms with Gasteiger partial charge in [0, 0.05) is 24.8 Å². The van der Waals surface area contributed by atoms with E-state index in [-0.39, 0.29) is 23.6 Å². The smallest absolute Gasteiger partial charge is 0.225 e. The molecule has 1 aromatic heterocycles. The first kappa shape index (κ1) is 22.8. The fraction of sp³-hybridized carbons (Fsp3) is 0.207. The third-order valence-electron chi connectivity index (χ3n) is 6.01. The van der Waals surface area contributed by atoms with Gasteiger partial charge in [0.2, 0.25) is 11.8 Å². The maximum Gasteiger partial charge on any atom is 0.225 e. The lowest BCUT2D eigenvalue weighted by molar-refractivity contribution is 0.268. The van der Waals surface area contributed by atoms with Crippen LogP contribution in [-0.2, 0) is 13.2 Å². The summed E-state index contributed by atoms with van der Waals surface area (Å²) in [6.45, 7) is 4.21. The lowest BCUT2D eigenvalue weighted by atomic mass is 9.99. The Kier molecular flexibility index (Phi) is 6.62. The van der Waals surface area contributed by atoms with Crippen LogP contribution >= 0.6 is 0 Å². The van der Waals surface area contributed by atoms with Gasteiger partial charge >= 0.3 is 0 Å². The first-order valence-electron chi connectivity index (χ1n) is 11.7. The second-order valence-electron chi connectivity index (χ2n) is 8.85. The average Bonchev–Trinajstić information content (AvgIpc) is 2.86. The molecule has 0 amide bonds. The highest BCUT2D eigenvalue weighted by molar-refractivity contribution is 5.72. The van der Waals surface area contributed by atoms with Crippen LogP contribution in [0.25, 0.3) is 11.1 Å². The van der Waals surface area contributed by atoms with Crippen molar-refractivity contribution in [3.63, 3.8) is 0 Å². The van der Waals surface area contributed by atoms with Gasteiger partial charge in [-0.1, -0.05) is 67.6 Å². The molecule has 0 spiro atoms. The zero-order valence-corrected chi connectivity index (χ0v) is 19.5. The fourth-order valence-electron chi connectivity index (χ4n) is 4.17. The van der Waals surface area contributed by atoms with Gasteiger partial charge < -0.3 is 14.4 Å². The highest BCUT2D eigenvalue weighted by Gasteiger charge is 2.26. The van der Waals surface area contributed by atoms with Crippen LogP contribution in [-0.4, -0.2) is 18.1 Å². The van der Waals surface area contributed by atoms with Crippen LogP contribution in [0.15, 0.2) is 84.9 Å². The molecule has 5 rings (SSSR count). The number of hydrogen-bond acceptors (Lipinski definition) is 4. The van der Waals surface area contributed by atoms with E-state index in [0.717, 1.165) is 24.2 Å². The molecule has 2 heterocycles. The summed E-state index contributed by atoms with van der Waals surface area (Å²) in [6, 6.07) is 25.2. The minimum absolute atomic E-state index is 0.113. The van der Waals surface area contributed by atoms with Gasteiger partial charge in [0.05, 0.1) is 11.1 Å². The summed E-state index contributed by atoms with van der Waals surface area (Å²) < 4.78 is 42.3. The zero-order chi connectivity index (χ0) is 24.2. The number of pyridine rings is 1. The Morgan fingerprint density at radius 3 is 1.94 bits per heavy atom. The number of rotatable bonds is 8. The molecular weight excluding hydrogens is 446 g/mol. The third-order valence-corrected chi connectivity index (χ3v) is 6.01. The molecule has 0 aliphatic carbocycles. The second kappa shape index (κ2) is 10.1. The molecule has 0 unspecified atom stereocenters. The van der Waals surface area contributed by atoms with E-state index in [0.29, 0.717) is 24.1 Å². The van der Waals surface area contributed by atoms with E-state index in [1.165, 1.54) is 12.1 Å². The van der Waals surface area contributed by atoms with Crippen molar-refractivity contribution in [3.05, 3.63) is 108 Å². The molecule has 1 fully saturated rings. The highest BCUT2D eigenvalue weighted by Crippen LogP contribution is 2.37. The van der Waals surface area contributed by atoms with Gasteiger partial charge in [-0.3, -0.25) is 0 Å². The predicted octanol–water partition coefficient (Wildman–Crippen LogP) is 6.64. The van der Waals surface area contributed by atoms with Gasteiger partial charge in [-0.05, 0) is 35.2 Å². The van der Waals surface area contributed by atoms with Crippen LogP contribution < -0.4 is 14.4 Å². The van der Waals surface area contributed by atoms with Gasteiger partial charge in [0.1, 0.15) is 24.8 Å². The summed E-state index contributed by atoms with van der Waals surface area (Å²) in [6.07, 6.45) is 0. The molecule has 3 aromatic carbocycles. The van der Waals surface area contributed by atoms with Crippen LogP contribution in [0.3, 0.4) is 0 Å². The number of nitrogens with zero attached hydrogens (tertiary/aromatic N) is 2. The number of halogens is 2. The van der Waals surface area contributed by atoms with E-state index < -0.39 is 11.6 Å². The van der Waals surface area contributed by atoms with Crippen molar-refractivity contribution in [1.29, 1.82) is 0 Å². The Hall–Kier alpha value is -3.93. The third kappa shape index (κ3) is 5.27. The predicted molar refractivity (Wildman–Crippen MR) is 133 cm³/mol. The van der Waals surface area contributed by atoms with E-state index in [1.807, 2.05) is 65.6 Å². The standard InChI is InChI=1S/C29H26F2N2O2/c1-20-16-33(17-20)23-14-25(30)28(26(31)15-23)24-12-13-27(34-18-21-8-4-2-5-9-21)32-29(24)35-19-22-10-6-3-7-11-22/h2-15,20H,16-19H2,1H3. The highest BCUT2D eigenvalue weighted by atomic mass is 19.1. The number of anilines is 1. The Morgan fingerprint density at radius 1 is 0.800 bits per heavy atom. The molecule has 6 heteroatoms. The van der Waals surface area contributed by atoms with Crippen LogP contribution in [0, 0.1) is 17.6 Å². The van der Waals surface area contributed by atoms with Crippen LogP contribution in [0.2, 0.25) is 0 Å². The van der Waals surface area contributed by atoms with Gasteiger partial charge in [0.15, 0.2) is 0 Å². The summed E-state index contributed by atoms with van der Waals surface area (Å²) in [5.74, 6) is -0.352. The first-order valence-corrected chi connectivity index (χ1v) is 11.7. The van der Waals surface area contributed by atoms with Crippen LogP contribution in [0.4, 0.5) is 14.5 Å². The number of hydrogen-bond donors (Lipinski definition) is 0. The molecule has 0 N–H and O–H groups in total. The van der Waals surface area contributed by atoms with Crippen molar-refractivity contribution in [1.82, 2.24) is 4.98 Å². The summed E-state index contributed by atoms with van der Waals surface area (Å²) >= 11 is 0. The van der Waals surface area contributed by atoms with E-state index in [1.54, 1.807) is 12.1 Å². The van der Waals surface area contributed by atoms with Crippen molar-refractivity contribution in [2.75, 3.05) is 18.0 Å². The minimum Gasteiger partial charge on any atom is -0.473 e. The molecule has 1 aliphatic rings. The Labute approximate surface area is 203 Å². The fourth-order valence-corrected chi connectivity index (χ4v) is 4.17. The maximum absolute atomic E-state index is 15.2. The number of ether oxygens (including phenoxy) is 2. The summed E-state index contributed by atoms with van der Waals surface area (Å²) in [5, 5.41) is 0. The maximum atomic E-state index is 15.2. The Morgan fingerprint density at radius 2 is 1.37 bits per heavy atom. The largest absolute Gasteiger partial charge is 0.473 e. The van der Waals surface area contributed by atoms with Crippen molar-refractivity contribution in [2.24, 2.45) is 5.92 Å². The van der Waals surface area contributed by atoms with Crippen LogP contribution in [0.1, 0.15) is 18.1 Å². The summed E-state index contributed by atoms with van der Waals surface area (Å²) in [7, 11) is 0. The van der Waals surface area contributed by atoms with Crippen molar-refractivity contribution < 1.29 is 18.3 Å². The van der Waals surface area contributed by atoms with Crippen LogP contribution in [0.5, 0.6) is 11.8 Å². The molecule has 1 aliphatic heterocycles. The van der Waals surface area contributed by atoms with Crippen molar-refractivity contribution in [3.8, 4) is 22.9 Å². The molecule has 0 bridgehead atoms. The Bertz CT molecular complexity index is 1270. The number of aromatic nitrogens is 1. The van der Waals surface area contributed by atoms with E-state index in [9.17, 15) is 0 Å². The van der Waals surface area contributed by atoms with Gasteiger partial charge in [0.25, 0.3) is 0 Å². The first-order chi connectivity index (χ1) is 17.1. The van der Waals surface area contributed by atoms with Gasteiger partial charge in [-0.2, -0.15) is 4.98 Å². The molecule has 1 saturated heterocycles. The SMILES string of the molecule is CC1CN(c2cc(F)c(-c3ccc(OCc4ccccc4)nc3OCc3ccccc3)c(F)c2)C1. The van der Waals surface area contributed by atoms with E-state index in [2.05, 4.69) is 11.9 Å². The topological polar surface area (TPSA) is 34.6 Å². The van der Waals surface area contributed by atoms with Crippen molar-refractivity contribution in [2.45, 2.75) is 20.1 Å². The monoisotopic (exact) mass is 472 g/mol. The lowest BCUT2D eigenvalue weighted by Gasteiger charge is -2.39. The molecule has 0 atom stereocenters. The van der Waals surface area contributed by atoms with E-state index in [4.69, 9.17) is 9.47 Å². The summed E-state index contributed by atoms with van der Waals surface area (Å²) in [5.41, 5.74) is 2.53. The zero-order valence-electron chi connectivity index (χ0n) is 19.5. The normalized spacial score (nSPS) is 13.4. The summed E-state index contributed by atoms with van der Waals surface area (Å²) in [4.78, 5) is 6.43. The quantitative estimate of drug-likeness (QED) is 0.288. The second-order valence-corrected chi connectivity index (χ2v) is 8.85. The molecule has 0 radical (unpaired) electrons. The van der Waals surface area contributed by atoms with Gasteiger partial charge in [-0.25, -0.2) is 8.78 Å². The molecular formula is C29H26F2N2O2. The van der Waals surface area contributed by atoms with Gasteiger partial charge in [-0.15, -0.1) is 0 Å². The molecule has 178 valence electrons. The van der Waals surface area contributed by atoms with Crippen molar-refractivity contribution >= 4 is 5.69 Å². The van der Waals surface area contributed by atoms with E-state index >= 15 is 8.78 Å². The Balaban J connectivity index is 1.45. The average molecular weight is 473 g/mol. The minimum atomic E-state index is -0.649. The molecule has 4 nitrogen and oxygen atoms in total. The number of benzene rings is 3. The lowest BCUT2D eigenvalue weighted by Crippen LogP contribution is -2.45. The molecule has 35 heavy (non-hydrogen) atoms. The molecule has 0 saturated carbocycles. The molecule has 4 aromatic rings.